The minimum Gasteiger partial charge on any atom is -0.456 e. The number of hydrogen-bond acceptors (Lipinski definition) is 6. The molecule has 7 aromatic rings. The molecule has 0 unspecified atom stereocenters. The molecule has 212 valence electrons. The van der Waals surface area contributed by atoms with Gasteiger partial charge in [-0.15, -0.1) is 0 Å². The fraction of sp³-hybridized carbons (Fsp3) is 0.0909. The number of nitrogens with one attached hydrogen (secondary N) is 3. The van der Waals surface area contributed by atoms with Gasteiger partial charge in [0.15, 0.2) is 0 Å². The number of rotatable bonds is 8. The number of H-pyrrole nitrogens is 1. The Morgan fingerprint density at radius 1 is 0.930 bits per heavy atom. The van der Waals surface area contributed by atoms with Crippen LogP contribution in [0.1, 0.15) is 11.3 Å². The number of amides is 1. The zero-order chi connectivity index (χ0) is 29.3. The van der Waals surface area contributed by atoms with Crippen LogP contribution in [0.5, 0.6) is 0 Å². The molecule has 3 aromatic carbocycles. The van der Waals surface area contributed by atoms with Gasteiger partial charge in [0, 0.05) is 51.9 Å². The number of carbonyl (C=O) groups excluding carboxylic acids is 1. The quantitative estimate of drug-likeness (QED) is 0.213. The number of aromatic amines is 1. The number of benzene rings is 3. The number of halogens is 1. The molecule has 3 N–H and O–H groups in total. The van der Waals surface area contributed by atoms with Gasteiger partial charge < -0.3 is 20.0 Å². The lowest BCUT2D eigenvalue weighted by Crippen LogP contribution is -2.34. The van der Waals surface area contributed by atoms with Crippen molar-refractivity contribution in [2.24, 2.45) is 0 Å². The topological polar surface area (TPSA) is 118 Å². The van der Waals surface area contributed by atoms with Crippen LogP contribution in [0.4, 0.5) is 10.1 Å². The zero-order valence-electron chi connectivity index (χ0n) is 22.8. The second kappa shape index (κ2) is 10.9. The van der Waals surface area contributed by atoms with Gasteiger partial charge >= 0.3 is 0 Å². The standard InChI is InChI=1S/C33H25FN6O3/c34-23-8-6-21(7-9-23)32-38-18-28(36-15-20-5-10-30-26(13-20)25-3-1-2-4-29(25)43-30)33(42)40(32)19-31(41)37-17-24-14-22-16-35-12-11-27(22)39-24/h1-14,16,18,36,39H,15,17,19H2,(H,37,41). The van der Waals surface area contributed by atoms with Crippen LogP contribution in [-0.2, 0) is 24.4 Å². The number of aromatic nitrogens is 4. The predicted molar refractivity (Wildman–Crippen MR) is 163 cm³/mol. The summed E-state index contributed by atoms with van der Waals surface area (Å²) in [7, 11) is 0. The fourth-order valence-electron chi connectivity index (χ4n) is 5.19. The van der Waals surface area contributed by atoms with E-state index in [2.05, 4.69) is 25.6 Å². The van der Waals surface area contributed by atoms with E-state index < -0.39 is 11.4 Å². The van der Waals surface area contributed by atoms with Crippen LogP contribution in [-0.4, -0.2) is 25.4 Å². The highest BCUT2D eigenvalue weighted by Gasteiger charge is 2.16. The van der Waals surface area contributed by atoms with Crippen molar-refractivity contribution in [1.29, 1.82) is 0 Å². The van der Waals surface area contributed by atoms with E-state index in [1.54, 1.807) is 12.4 Å². The Balaban J connectivity index is 1.14. The van der Waals surface area contributed by atoms with E-state index in [0.717, 1.165) is 44.1 Å². The van der Waals surface area contributed by atoms with E-state index in [-0.39, 0.29) is 30.5 Å². The molecular weight excluding hydrogens is 547 g/mol. The first kappa shape index (κ1) is 26.1. The maximum absolute atomic E-state index is 13.7. The van der Waals surface area contributed by atoms with Crippen LogP contribution in [0.15, 0.2) is 107 Å². The second-order valence-corrected chi connectivity index (χ2v) is 10.2. The largest absolute Gasteiger partial charge is 0.456 e. The summed E-state index contributed by atoms with van der Waals surface area (Å²) < 4.78 is 20.9. The third-order valence-corrected chi connectivity index (χ3v) is 7.33. The van der Waals surface area contributed by atoms with Crippen LogP contribution in [0.2, 0.25) is 0 Å². The third kappa shape index (κ3) is 5.21. The molecule has 0 atom stereocenters. The highest BCUT2D eigenvalue weighted by Crippen LogP contribution is 2.29. The molecule has 0 aliphatic rings. The zero-order valence-corrected chi connectivity index (χ0v) is 22.8. The van der Waals surface area contributed by atoms with Crippen molar-refractivity contribution in [3.05, 3.63) is 125 Å². The Bertz CT molecular complexity index is 2150. The number of pyridine rings is 1. The Morgan fingerprint density at radius 3 is 2.63 bits per heavy atom. The Hall–Kier alpha value is -5.77. The molecule has 0 saturated heterocycles. The second-order valence-electron chi connectivity index (χ2n) is 10.2. The molecule has 4 aromatic heterocycles. The average Bonchev–Trinajstić information content (AvgIpc) is 3.62. The number of anilines is 1. The number of furan rings is 1. The lowest BCUT2D eigenvalue weighted by molar-refractivity contribution is -0.121. The molecule has 9 nitrogen and oxygen atoms in total. The van der Waals surface area contributed by atoms with E-state index in [9.17, 15) is 14.0 Å². The number of fused-ring (bicyclic) bond motifs is 4. The molecule has 0 bridgehead atoms. The van der Waals surface area contributed by atoms with Gasteiger partial charge in [0.25, 0.3) is 5.56 Å². The summed E-state index contributed by atoms with van der Waals surface area (Å²) in [5.41, 5.74) is 4.58. The Kier molecular flexibility index (Phi) is 6.63. The van der Waals surface area contributed by atoms with Crippen molar-refractivity contribution in [3.63, 3.8) is 0 Å². The van der Waals surface area contributed by atoms with Gasteiger partial charge in [-0.05, 0) is 60.2 Å². The van der Waals surface area contributed by atoms with Crippen LogP contribution < -0.4 is 16.2 Å². The summed E-state index contributed by atoms with van der Waals surface area (Å²) in [6.45, 7) is 0.317. The molecule has 0 saturated carbocycles. The van der Waals surface area contributed by atoms with Gasteiger partial charge in [-0.3, -0.25) is 19.1 Å². The number of nitrogens with zero attached hydrogens (tertiary/aromatic N) is 3. The molecule has 0 spiro atoms. The maximum Gasteiger partial charge on any atom is 0.277 e. The first-order valence-electron chi connectivity index (χ1n) is 13.7. The van der Waals surface area contributed by atoms with Crippen molar-refractivity contribution < 1.29 is 13.6 Å². The molecule has 4 heterocycles. The summed E-state index contributed by atoms with van der Waals surface area (Å²) in [5, 5.41) is 8.98. The highest BCUT2D eigenvalue weighted by molar-refractivity contribution is 6.05. The normalized spacial score (nSPS) is 11.4. The van der Waals surface area contributed by atoms with Crippen molar-refractivity contribution in [2.45, 2.75) is 19.6 Å². The van der Waals surface area contributed by atoms with E-state index in [0.29, 0.717) is 12.1 Å². The molecule has 43 heavy (non-hydrogen) atoms. The Morgan fingerprint density at radius 2 is 1.77 bits per heavy atom. The SMILES string of the molecule is O=C(Cn1c(-c2ccc(F)cc2)ncc(NCc2ccc3oc4ccccc4c3c2)c1=O)NCc1cc2cnccc2[nH]1. The van der Waals surface area contributed by atoms with Crippen molar-refractivity contribution in [2.75, 3.05) is 5.32 Å². The summed E-state index contributed by atoms with van der Waals surface area (Å²) in [4.78, 5) is 38.6. The van der Waals surface area contributed by atoms with Crippen LogP contribution in [0, 0.1) is 5.82 Å². The molecule has 0 aliphatic heterocycles. The minimum absolute atomic E-state index is 0.235. The molecule has 7 rings (SSSR count). The summed E-state index contributed by atoms with van der Waals surface area (Å²) >= 11 is 0. The van der Waals surface area contributed by atoms with Crippen molar-refractivity contribution >= 4 is 44.4 Å². The van der Waals surface area contributed by atoms with E-state index in [1.165, 1.54) is 35.0 Å². The van der Waals surface area contributed by atoms with Crippen LogP contribution in [0.3, 0.4) is 0 Å². The smallest absolute Gasteiger partial charge is 0.277 e. The number of para-hydroxylation sites is 1. The summed E-state index contributed by atoms with van der Waals surface area (Å²) in [6.07, 6.45) is 4.88. The number of carbonyl (C=O) groups is 1. The lowest BCUT2D eigenvalue weighted by Gasteiger charge is -2.15. The van der Waals surface area contributed by atoms with Gasteiger partial charge in [-0.25, -0.2) is 9.37 Å². The number of hydrogen-bond donors (Lipinski definition) is 3. The van der Waals surface area contributed by atoms with Gasteiger partial charge in [-0.1, -0.05) is 24.3 Å². The monoisotopic (exact) mass is 572 g/mol. The minimum atomic E-state index is -0.420. The molecule has 10 heteroatoms. The Labute approximate surface area is 244 Å². The molecular formula is C33H25FN6O3. The molecule has 1 amide bonds. The highest BCUT2D eigenvalue weighted by atomic mass is 19.1. The van der Waals surface area contributed by atoms with E-state index in [1.807, 2.05) is 54.6 Å². The molecule has 0 fully saturated rings. The van der Waals surface area contributed by atoms with Crippen LogP contribution >= 0.6 is 0 Å². The maximum atomic E-state index is 13.7. The summed E-state index contributed by atoms with van der Waals surface area (Å²) in [5.74, 6) is -0.531. The van der Waals surface area contributed by atoms with Gasteiger partial charge in [0.1, 0.15) is 35.0 Å². The molecule has 0 radical (unpaired) electrons. The van der Waals surface area contributed by atoms with Crippen molar-refractivity contribution in [1.82, 2.24) is 24.8 Å². The molecule has 0 aliphatic carbocycles. The third-order valence-electron chi connectivity index (χ3n) is 7.33. The van der Waals surface area contributed by atoms with Gasteiger partial charge in [0.05, 0.1) is 12.7 Å². The van der Waals surface area contributed by atoms with E-state index >= 15 is 0 Å². The summed E-state index contributed by atoms with van der Waals surface area (Å²) in [6, 6.07) is 23.1. The van der Waals surface area contributed by atoms with Crippen LogP contribution in [0.25, 0.3) is 44.2 Å². The fourth-order valence-corrected chi connectivity index (χ4v) is 5.19. The first-order valence-corrected chi connectivity index (χ1v) is 13.7. The van der Waals surface area contributed by atoms with Gasteiger partial charge in [-0.2, -0.15) is 0 Å². The van der Waals surface area contributed by atoms with Gasteiger partial charge in [0.2, 0.25) is 5.91 Å². The lowest BCUT2D eigenvalue weighted by atomic mass is 10.1. The first-order chi connectivity index (χ1) is 21.0. The predicted octanol–water partition coefficient (Wildman–Crippen LogP) is 5.75. The van der Waals surface area contributed by atoms with Crippen molar-refractivity contribution in [3.8, 4) is 11.4 Å². The average molecular weight is 573 g/mol. The van der Waals surface area contributed by atoms with E-state index in [4.69, 9.17) is 4.42 Å².